The number of thiol groups is 1. The van der Waals surface area contributed by atoms with Gasteiger partial charge in [0, 0.05) is 10.6 Å². The van der Waals surface area contributed by atoms with E-state index in [0.717, 1.165) is 5.75 Å². The van der Waals surface area contributed by atoms with Crippen LogP contribution in [0.15, 0.2) is 29.2 Å². The van der Waals surface area contributed by atoms with E-state index in [2.05, 4.69) is 57.7 Å². The molecule has 0 nitrogen and oxygen atoms in total. The fourth-order valence-corrected chi connectivity index (χ4v) is 4.89. The van der Waals surface area contributed by atoms with Crippen molar-refractivity contribution in [1.82, 2.24) is 0 Å². The van der Waals surface area contributed by atoms with Gasteiger partial charge in [0.05, 0.1) is 0 Å². The molecule has 2 rings (SSSR count). The highest BCUT2D eigenvalue weighted by atomic mass is 32.2. The third-order valence-electron chi connectivity index (χ3n) is 4.76. The van der Waals surface area contributed by atoms with Crippen LogP contribution in [0.3, 0.4) is 0 Å². The predicted octanol–water partition coefficient (Wildman–Crippen LogP) is 6.35. The second-order valence-electron chi connectivity index (χ2n) is 7.64. The van der Waals surface area contributed by atoms with Gasteiger partial charge < -0.3 is 0 Å². The van der Waals surface area contributed by atoms with Crippen molar-refractivity contribution in [3.63, 3.8) is 0 Å². The Morgan fingerprint density at radius 1 is 1.00 bits per heavy atom. The Balaban J connectivity index is 1.97. The van der Waals surface area contributed by atoms with Gasteiger partial charge in [-0.1, -0.05) is 58.6 Å². The lowest BCUT2D eigenvalue weighted by molar-refractivity contribution is 0.332. The highest BCUT2D eigenvalue weighted by Gasteiger charge is 2.29. The molecule has 0 radical (unpaired) electrons. The number of thioether (sulfide) groups is 1. The Morgan fingerprint density at radius 2 is 1.57 bits per heavy atom. The van der Waals surface area contributed by atoms with Crippen LogP contribution < -0.4 is 0 Å². The molecule has 0 saturated heterocycles. The smallest absolute Gasteiger partial charge is 0.00723 e. The topological polar surface area (TPSA) is 0 Å². The quantitative estimate of drug-likeness (QED) is 0.383. The van der Waals surface area contributed by atoms with Crippen molar-refractivity contribution >= 4 is 24.4 Å². The Kier molecular flexibility index (Phi) is 6.14. The van der Waals surface area contributed by atoms with E-state index in [0.29, 0.717) is 5.41 Å². The molecule has 0 amide bonds. The van der Waals surface area contributed by atoms with Crippen molar-refractivity contribution in [3.8, 4) is 0 Å². The first-order chi connectivity index (χ1) is 9.95. The predicted molar refractivity (Wildman–Crippen MR) is 99.9 cm³/mol. The highest BCUT2D eigenvalue weighted by Crippen LogP contribution is 2.40. The minimum Gasteiger partial charge on any atom is -0.179 e. The standard InChI is InChI=1S/C19H30S2/c1-18(2,3)16-8-10-17(11-9-16)21-15-19(14-20)12-6-4-5-7-13-19/h8-11,20H,4-7,12-15H2,1-3H3. The molecule has 1 aliphatic carbocycles. The van der Waals surface area contributed by atoms with Gasteiger partial charge in [0.2, 0.25) is 0 Å². The van der Waals surface area contributed by atoms with Gasteiger partial charge in [0.25, 0.3) is 0 Å². The molecule has 1 saturated carbocycles. The molecule has 0 aliphatic heterocycles. The van der Waals surface area contributed by atoms with Crippen LogP contribution >= 0.6 is 24.4 Å². The van der Waals surface area contributed by atoms with E-state index in [9.17, 15) is 0 Å². The summed E-state index contributed by atoms with van der Waals surface area (Å²) in [7, 11) is 0. The van der Waals surface area contributed by atoms with E-state index in [-0.39, 0.29) is 5.41 Å². The van der Waals surface area contributed by atoms with E-state index in [1.165, 1.54) is 54.7 Å². The van der Waals surface area contributed by atoms with E-state index in [4.69, 9.17) is 0 Å². The second-order valence-corrected chi connectivity index (χ2v) is 9.00. The third kappa shape index (κ3) is 4.96. The normalized spacial score (nSPS) is 19.2. The SMILES string of the molecule is CC(C)(C)c1ccc(SCC2(CS)CCCCCC2)cc1. The number of hydrogen-bond acceptors (Lipinski definition) is 2. The first kappa shape index (κ1) is 17.3. The Hall–Kier alpha value is -0.0800. The number of benzene rings is 1. The third-order valence-corrected chi connectivity index (χ3v) is 6.80. The van der Waals surface area contributed by atoms with Crippen molar-refractivity contribution in [3.05, 3.63) is 29.8 Å². The first-order valence-electron chi connectivity index (χ1n) is 8.29. The van der Waals surface area contributed by atoms with Crippen LogP contribution in [0.1, 0.15) is 64.9 Å². The zero-order valence-electron chi connectivity index (χ0n) is 13.8. The van der Waals surface area contributed by atoms with Gasteiger partial charge in [-0.25, -0.2) is 0 Å². The molecule has 0 N–H and O–H groups in total. The summed E-state index contributed by atoms with van der Waals surface area (Å²) >= 11 is 6.71. The molecule has 118 valence electrons. The summed E-state index contributed by atoms with van der Waals surface area (Å²) in [5, 5.41) is 0. The summed E-state index contributed by atoms with van der Waals surface area (Å²) in [6.07, 6.45) is 8.35. The van der Waals surface area contributed by atoms with E-state index in [1.807, 2.05) is 11.8 Å². The molecular formula is C19H30S2. The summed E-state index contributed by atoms with van der Waals surface area (Å²) in [4.78, 5) is 1.41. The lowest BCUT2D eigenvalue weighted by Gasteiger charge is -2.31. The minimum atomic E-state index is 0.247. The molecule has 0 unspecified atom stereocenters. The maximum absolute atomic E-state index is 4.68. The van der Waals surface area contributed by atoms with E-state index in [1.54, 1.807) is 0 Å². The molecule has 21 heavy (non-hydrogen) atoms. The van der Waals surface area contributed by atoms with Crippen molar-refractivity contribution in [2.24, 2.45) is 5.41 Å². The molecule has 0 spiro atoms. The van der Waals surface area contributed by atoms with Crippen molar-refractivity contribution in [2.75, 3.05) is 11.5 Å². The van der Waals surface area contributed by atoms with E-state index < -0.39 is 0 Å². The van der Waals surface area contributed by atoms with Crippen LogP contribution in [0.2, 0.25) is 0 Å². The van der Waals surface area contributed by atoms with Crippen LogP contribution in [-0.4, -0.2) is 11.5 Å². The minimum absolute atomic E-state index is 0.247. The molecule has 2 heteroatoms. The molecule has 0 aromatic heterocycles. The molecule has 1 fully saturated rings. The van der Waals surface area contributed by atoms with E-state index >= 15 is 0 Å². The fourth-order valence-electron chi connectivity index (χ4n) is 3.11. The molecule has 1 aromatic carbocycles. The molecule has 1 aromatic rings. The number of rotatable bonds is 4. The summed E-state index contributed by atoms with van der Waals surface area (Å²) < 4.78 is 0. The monoisotopic (exact) mass is 322 g/mol. The summed E-state index contributed by atoms with van der Waals surface area (Å²) in [5.41, 5.74) is 2.13. The molecule has 0 atom stereocenters. The lowest BCUT2D eigenvalue weighted by atomic mass is 9.84. The fraction of sp³-hybridized carbons (Fsp3) is 0.684. The Labute approximate surface area is 140 Å². The maximum atomic E-state index is 4.68. The molecule has 1 aliphatic rings. The zero-order valence-corrected chi connectivity index (χ0v) is 15.5. The average molecular weight is 323 g/mol. The first-order valence-corrected chi connectivity index (χ1v) is 9.91. The summed E-state index contributed by atoms with van der Waals surface area (Å²) in [5.74, 6) is 2.27. The van der Waals surface area contributed by atoms with Crippen molar-refractivity contribution in [1.29, 1.82) is 0 Å². The van der Waals surface area contributed by atoms with Gasteiger partial charge >= 0.3 is 0 Å². The van der Waals surface area contributed by atoms with Gasteiger partial charge in [0.1, 0.15) is 0 Å². The average Bonchev–Trinajstić information content (AvgIpc) is 2.71. The molecule has 0 heterocycles. The second kappa shape index (κ2) is 7.46. The van der Waals surface area contributed by atoms with Crippen LogP contribution in [-0.2, 0) is 5.41 Å². The Bertz CT molecular complexity index is 420. The van der Waals surface area contributed by atoms with Crippen LogP contribution in [0.25, 0.3) is 0 Å². The van der Waals surface area contributed by atoms with Gasteiger partial charge in [-0.2, -0.15) is 12.6 Å². The lowest BCUT2D eigenvalue weighted by Crippen LogP contribution is -2.25. The van der Waals surface area contributed by atoms with Gasteiger partial charge in [-0.15, -0.1) is 11.8 Å². The van der Waals surface area contributed by atoms with Crippen LogP contribution in [0.4, 0.5) is 0 Å². The molecule has 0 bridgehead atoms. The van der Waals surface area contributed by atoms with Crippen molar-refractivity contribution in [2.45, 2.75) is 69.6 Å². The van der Waals surface area contributed by atoms with Crippen molar-refractivity contribution < 1.29 is 0 Å². The highest BCUT2D eigenvalue weighted by molar-refractivity contribution is 7.99. The van der Waals surface area contributed by atoms with Gasteiger partial charge in [-0.05, 0) is 47.1 Å². The number of hydrogen-bond donors (Lipinski definition) is 1. The van der Waals surface area contributed by atoms with Gasteiger partial charge in [-0.3, -0.25) is 0 Å². The summed E-state index contributed by atoms with van der Waals surface area (Å²) in [6, 6.07) is 9.19. The maximum Gasteiger partial charge on any atom is 0.00723 e. The van der Waals surface area contributed by atoms with Crippen LogP contribution in [0, 0.1) is 5.41 Å². The Morgan fingerprint density at radius 3 is 2.05 bits per heavy atom. The molecular weight excluding hydrogens is 292 g/mol. The zero-order chi connectivity index (χ0) is 15.3. The summed E-state index contributed by atoms with van der Waals surface area (Å²) in [6.45, 7) is 6.82. The van der Waals surface area contributed by atoms with Crippen LogP contribution in [0.5, 0.6) is 0 Å². The largest absolute Gasteiger partial charge is 0.179 e. The van der Waals surface area contributed by atoms with Gasteiger partial charge in [0.15, 0.2) is 0 Å².